The van der Waals surface area contributed by atoms with Crippen LogP contribution < -0.4 is 15.8 Å². The molecule has 3 rings (SSSR count). The number of likely N-dealkylation sites (N-methyl/N-ethyl adjacent to an activating group) is 1. The lowest BCUT2D eigenvalue weighted by Crippen LogP contribution is -2.38. The van der Waals surface area contributed by atoms with E-state index in [-0.39, 0.29) is 35.9 Å². The number of hydrogen-bond donors (Lipinski definition) is 2. The summed E-state index contributed by atoms with van der Waals surface area (Å²) in [6, 6.07) is 7.06. The third-order valence-corrected chi connectivity index (χ3v) is 5.58. The number of rotatable bonds is 4. The second kappa shape index (κ2) is 8.28. The number of nitrogens with one attached hydrogen (secondary N) is 1. The van der Waals surface area contributed by atoms with E-state index < -0.39 is 17.3 Å². The summed E-state index contributed by atoms with van der Waals surface area (Å²) in [6.45, 7) is 6.20. The van der Waals surface area contributed by atoms with Crippen LogP contribution in [0.3, 0.4) is 0 Å². The van der Waals surface area contributed by atoms with Crippen molar-refractivity contribution >= 4 is 11.6 Å². The monoisotopic (exact) mass is 436 g/mol. The van der Waals surface area contributed by atoms with Crippen molar-refractivity contribution in [1.82, 2.24) is 10.2 Å². The van der Waals surface area contributed by atoms with Gasteiger partial charge >= 0.3 is 6.18 Å². The third-order valence-electron chi connectivity index (χ3n) is 5.58. The molecule has 1 amide bonds. The highest BCUT2D eigenvalue weighted by atomic mass is 19.4. The van der Waals surface area contributed by atoms with Crippen LogP contribution in [0.25, 0.3) is 0 Å². The molecule has 31 heavy (non-hydrogen) atoms. The van der Waals surface area contributed by atoms with E-state index in [0.717, 1.165) is 5.56 Å². The van der Waals surface area contributed by atoms with Crippen LogP contribution in [-0.2, 0) is 11.3 Å². The van der Waals surface area contributed by atoms with E-state index in [4.69, 9.17) is 10.5 Å². The maximum Gasteiger partial charge on any atom is 0.431 e. The molecule has 0 unspecified atom stereocenters. The summed E-state index contributed by atoms with van der Waals surface area (Å²) in [4.78, 5) is 19.1. The van der Waals surface area contributed by atoms with Gasteiger partial charge in [-0.15, -0.1) is 0 Å². The normalized spacial score (nSPS) is 21.7. The predicted molar refractivity (Wildman–Crippen MR) is 112 cm³/mol. The lowest BCUT2D eigenvalue weighted by Gasteiger charge is -2.30. The Kier molecular flexibility index (Phi) is 6.07. The fourth-order valence-corrected chi connectivity index (χ4v) is 3.83. The van der Waals surface area contributed by atoms with Crippen LogP contribution in [0.2, 0.25) is 0 Å². The van der Waals surface area contributed by atoms with Crippen LogP contribution in [-0.4, -0.2) is 49.4 Å². The number of hydrogen-bond acceptors (Lipinski definition) is 5. The molecule has 1 aromatic rings. The van der Waals surface area contributed by atoms with E-state index in [1.165, 1.54) is 0 Å². The zero-order chi connectivity index (χ0) is 23.0. The molecule has 0 spiro atoms. The number of alkyl halides is 3. The van der Waals surface area contributed by atoms with Crippen molar-refractivity contribution in [2.45, 2.75) is 33.5 Å². The van der Waals surface area contributed by atoms with Gasteiger partial charge in [0.2, 0.25) is 0 Å². The molecule has 9 heteroatoms. The van der Waals surface area contributed by atoms with Crippen molar-refractivity contribution in [3.05, 3.63) is 52.4 Å². The maximum atomic E-state index is 13.7. The molecular weight excluding hydrogens is 409 g/mol. The third kappa shape index (κ3) is 4.40. The Labute approximate surface area is 179 Å². The first-order valence-electron chi connectivity index (χ1n) is 10.0. The lowest BCUT2D eigenvalue weighted by atomic mass is 9.78. The highest BCUT2D eigenvalue weighted by molar-refractivity contribution is 6.30. The van der Waals surface area contributed by atoms with Crippen molar-refractivity contribution in [3.8, 4) is 5.75 Å². The number of benzene rings is 1. The first-order chi connectivity index (χ1) is 14.5. The van der Waals surface area contributed by atoms with E-state index in [1.807, 2.05) is 6.92 Å². The van der Waals surface area contributed by atoms with Crippen molar-refractivity contribution in [1.29, 1.82) is 0 Å². The largest absolute Gasteiger partial charge is 0.497 e. The van der Waals surface area contributed by atoms with E-state index in [9.17, 15) is 18.0 Å². The molecule has 0 saturated carbocycles. The van der Waals surface area contributed by atoms with Crippen molar-refractivity contribution in [2.24, 2.45) is 16.1 Å². The number of methoxy groups -OCH3 is 1. The molecule has 6 nitrogen and oxygen atoms in total. The number of ether oxygens (including phenoxy) is 1. The van der Waals surface area contributed by atoms with Gasteiger partial charge in [0.25, 0.3) is 5.91 Å². The van der Waals surface area contributed by atoms with Crippen molar-refractivity contribution in [2.75, 3.05) is 26.7 Å². The SMILES string of the molecule is CCN1CC2=C(C1=O)C(=NCc1ccc(OC)cc1)C(=C(N)C(F)(F)F)C(C)(C)CN2. The number of carbonyl (C=O) groups excluding carboxylic acids is 1. The topological polar surface area (TPSA) is 80.0 Å². The number of aliphatic imine (C=N–C) groups is 1. The van der Waals surface area contributed by atoms with E-state index >= 15 is 0 Å². The molecule has 168 valence electrons. The second-order valence-corrected chi connectivity index (χ2v) is 8.21. The van der Waals surface area contributed by atoms with Gasteiger partial charge in [0, 0.05) is 29.8 Å². The number of carbonyl (C=O) groups is 1. The van der Waals surface area contributed by atoms with Gasteiger partial charge in [-0.2, -0.15) is 13.2 Å². The van der Waals surface area contributed by atoms with Crippen LogP contribution in [0.1, 0.15) is 26.3 Å². The summed E-state index contributed by atoms with van der Waals surface area (Å²) in [5.41, 5.74) is 4.81. The summed E-state index contributed by atoms with van der Waals surface area (Å²) >= 11 is 0. The number of halogens is 3. The lowest BCUT2D eigenvalue weighted by molar-refractivity contribution is -0.124. The van der Waals surface area contributed by atoms with Gasteiger partial charge in [-0.3, -0.25) is 9.79 Å². The van der Waals surface area contributed by atoms with Gasteiger partial charge < -0.3 is 20.7 Å². The summed E-state index contributed by atoms with van der Waals surface area (Å²) in [5, 5.41) is 3.17. The highest BCUT2D eigenvalue weighted by Gasteiger charge is 2.46. The van der Waals surface area contributed by atoms with Crippen molar-refractivity contribution < 1.29 is 22.7 Å². The molecule has 0 atom stereocenters. The zero-order valence-electron chi connectivity index (χ0n) is 18.1. The Morgan fingerprint density at radius 3 is 2.48 bits per heavy atom. The predicted octanol–water partition coefficient (Wildman–Crippen LogP) is 3.16. The van der Waals surface area contributed by atoms with Gasteiger partial charge in [0.05, 0.1) is 31.5 Å². The van der Waals surface area contributed by atoms with Gasteiger partial charge in [0.15, 0.2) is 0 Å². The Morgan fingerprint density at radius 1 is 1.29 bits per heavy atom. The Hall–Kier alpha value is -2.97. The zero-order valence-corrected chi connectivity index (χ0v) is 18.1. The average molecular weight is 436 g/mol. The number of allylic oxidation sites excluding steroid dienone is 1. The number of nitrogens with two attached hydrogens (primary N) is 1. The molecule has 0 saturated heterocycles. The molecule has 2 aliphatic heterocycles. The molecule has 3 N–H and O–H groups in total. The first kappa shape index (κ1) is 22.7. The van der Waals surface area contributed by atoms with Gasteiger partial charge in [-0.05, 0) is 24.6 Å². The molecule has 0 bridgehead atoms. The summed E-state index contributed by atoms with van der Waals surface area (Å²) in [6.07, 6.45) is -4.75. The van der Waals surface area contributed by atoms with Crippen LogP contribution in [0.4, 0.5) is 13.2 Å². The first-order valence-corrected chi connectivity index (χ1v) is 10.0. The van der Waals surface area contributed by atoms with Crippen LogP contribution >= 0.6 is 0 Å². The van der Waals surface area contributed by atoms with Crippen molar-refractivity contribution in [3.63, 3.8) is 0 Å². The van der Waals surface area contributed by atoms with Crippen LogP contribution in [0, 0.1) is 5.41 Å². The molecule has 0 aromatic heterocycles. The minimum atomic E-state index is -4.75. The minimum Gasteiger partial charge on any atom is -0.497 e. The average Bonchev–Trinajstić information content (AvgIpc) is 2.98. The smallest absolute Gasteiger partial charge is 0.431 e. The van der Waals surface area contributed by atoms with Gasteiger partial charge in [0.1, 0.15) is 11.4 Å². The molecule has 2 aliphatic rings. The molecular formula is C22H27F3N4O2. The Morgan fingerprint density at radius 2 is 1.94 bits per heavy atom. The summed E-state index contributed by atoms with van der Waals surface area (Å²) in [5.74, 6) is 0.316. The standard InChI is InChI=1S/C22H27F3N4O2/c1-5-29-11-15-16(20(29)30)18(27-10-13-6-8-14(31-4)9-7-13)17(19(26)22(23,24)25)21(2,3)12-28-15/h6-9,28H,5,10-12,26H2,1-4H3. The Bertz CT molecular complexity index is 960. The quantitative estimate of drug-likeness (QED) is 0.760. The fraction of sp³-hybridized carbons (Fsp3) is 0.455. The molecule has 0 aliphatic carbocycles. The Balaban J connectivity index is 2.18. The fourth-order valence-electron chi connectivity index (χ4n) is 3.83. The molecule has 0 radical (unpaired) electrons. The van der Waals surface area contributed by atoms with Crippen LogP contribution in [0.5, 0.6) is 5.75 Å². The molecule has 1 aromatic carbocycles. The molecule has 2 heterocycles. The van der Waals surface area contributed by atoms with Gasteiger partial charge in [-0.25, -0.2) is 0 Å². The summed E-state index contributed by atoms with van der Waals surface area (Å²) < 4.78 is 46.3. The van der Waals surface area contributed by atoms with E-state index in [1.54, 1.807) is 50.1 Å². The van der Waals surface area contributed by atoms with Crippen LogP contribution in [0.15, 0.2) is 51.8 Å². The van der Waals surface area contributed by atoms with E-state index in [0.29, 0.717) is 24.5 Å². The minimum absolute atomic E-state index is 0.0107. The number of amides is 1. The van der Waals surface area contributed by atoms with E-state index in [2.05, 4.69) is 10.3 Å². The highest BCUT2D eigenvalue weighted by Crippen LogP contribution is 2.40. The number of nitrogens with zero attached hydrogens (tertiary/aromatic N) is 2. The van der Waals surface area contributed by atoms with Gasteiger partial charge in [-0.1, -0.05) is 26.0 Å². The maximum absolute atomic E-state index is 13.7. The second-order valence-electron chi connectivity index (χ2n) is 8.21. The summed E-state index contributed by atoms with van der Waals surface area (Å²) in [7, 11) is 1.55. The molecule has 0 fully saturated rings.